The number of halogens is 2. The zero-order valence-electron chi connectivity index (χ0n) is 17.0. The van der Waals surface area contributed by atoms with Crippen LogP contribution >= 0.6 is 27.5 Å². The van der Waals surface area contributed by atoms with Crippen LogP contribution in [0.2, 0.25) is 5.02 Å². The number of rotatable bonds is 6. The van der Waals surface area contributed by atoms with Crippen LogP contribution in [0, 0.1) is 29.6 Å². The van der Waals surface area contributed by atoms with E-state index in [2.05, 4.69) is 27.3 Å². The zero-order valence-corrected chi connectivity index (χ0v) is 19.4. The Bertz CT molecular complexity index is 1290. The molecule has 7 heteroatoms. The van der Waals surface area contributed by atoms with Gasteiger partial charge in [-0.05, 0) is 55.0 Å². The third-order valence-electron chi connectivity index (χ3n) is 4.59. The van der Waals surface area contributed by atoms with Gasteiger partial charge in [0.25, 0.3) is 5.91 Å². The Labute approximate surface area is 199 Å². The first kappa shape index (κ1) is 23.1. The fraction of sp³-hybridized carbons (Fsp3) is 0.0800. The molecule has 0 aliphatic heterocycles. The number of hydrogen-bond donors (Lipinski definition) is 1. The standard InChI is InChI=1S/C25H17BrClN3O2/c1-16-6-8-22(12-23(16)27)30-25(31)20(14-29)10-19-11-21(26)7-9-24(19)32-15-18-5-3-2-4-17(18)13-28/h2-12H,15H2,1H3,(H,30,31)/b20-10-. The summed E-state index contributed by atoms with van der Waals surface area (Å²) in [6.07, 6.45) is 1.46. The summed E-state index contributed by atoms with van der Waals surface area (Å²) in [5.41, 5.74) is 3.09. The van der Waals surface area contributed by atoms with Crippen LogP contribution in [-0.4, -0.2) is 5.91 Å². The molecule has 0 atom stereocenters. The van der Waals surface area contributed by atoms with Crippen LogP contribution in [-0.2, 0) is 11.4 Å². The van der Waals surface area contributed by atoms with Crippen LogP contribution in [0.3, 0.4) is 0 Å². The highest BCUT2D eigenvalue weighted by atomic mass is 79.9. The number of hydrogen-bond acceptors (Lipinski definition) is 4. The molecule has 1 amide bonds. The maximum absolute atomic E-state index is 12.7. The molecule has 3 aromatic carbocycles. The maximum Gasteiger partial charge on any atom is 0.266 e. The average Bonchev–Trinajstić information content (AvgIpc) is 2.79. The molecular weight excluding hydrogens is 490 g/mol. The lowest BCUT2D eigenvalue weighted by Crippen LogP contribution is -2.13. The van der Waals surface area contributed by atoms with Gasteiger partial charge >= 0.3 is 0 Å². The van der Waals surface area contributed by atoms with Crippen LogP contribution in [0.5, 0.6) is 5.75 Å². The minimum Gasteiger partial charge on any atom is -0.488 e. The van der Waals surface area contributed by atoms with Crippen molar-refractivity contribution in [2.75, 3.05) is 5.32 Å². The molecule has 0 unspecified atom stereocenters. The van der Waals surface area contributed by atoms with Gasteiger partial charge in [0.05, 0.1) is 11.6 Å². The van der Waals surface area contributed by atoms with Crippen LogP contribution in [0.1, 0.15) is 22.3 Å². The van der Waals surface area contributed by atoms with E-state index in [1.807, 2.05) is 25.1 Å². The van der Waals surface area contributed by atoms with Gasteiger partial charge in [0.1, 0.15) is 24.0 Å². The predicted octanol–water partition coefficient (Wildman–Crippen LogP) is 6.41. The molecule has 0 heterocycles. The third kappa shape index (κ3) is 5.76. The monoisotopic (exact) mass is 505 g/mol. The van der Waals surface area contributed by atoms with Gasteiger partial charge in [-0.1, -0.05) is 51.8 Å². The first-order valence-electron chi connectivity index (χ1n) is 9.51. The number of anilines is 1. The summed E-state index contributed by atoms with van der Waals surface area (Å²) in [4.78, 5) is 12.7. The van der Waals surface area contributed by atoms with Crippen molar-refractivity contribution in [1.82, 2.24) is 0 Å². The Hall–Kier alpha value is -3.58. The van der Waals surface area contributed by atoms with Gasteiger partial charge in [-0.15, -0.1) is 0 Å². The van der Waals surface area contributed by atoms with Crippen molar-refractivity contribution >= 4 is 45.2 Å². The van der Waals surface area contributed by atoms with Crippen molar-refractivity contribution in [1.29, 1.82) is 10.5 Å². The van der Waals surface area contributed by atoms with Crippen molar-refractivity contribution in [2.45, 2.75) is 13.5 Å². The Morgan fingerprint density at radius 1 is 1.16 bits per heavy atom. The van der Waals surface area contributed by atoms with Gasteiger partial charge in [-0.3, -0.25) is 4.79 Å². The smallest absolute Gasteiger partial charge is 0.266 e. The first-order chi connectivity index (χ1) is 15.4. The average molecular weight is 507 g/mol. The molecular formula is C25H17BrClN3O2. The Kier molecular flexibility index (Phi) is 7.68. The van der Waals surface area contributed by atoms with Gasteiger partial charge in [-0.2, -0.15) is 10.5 Å². The number of nitrogens with zero attached hydrogens (tertiary/aromatic N) is 2. The highest BCUT2D eigenvalue weighted by Gasteiger charge is 2.13. The molecule has 0 aromatic heterocycles. The van der Waals surface area contributed by atoms with Gasteiger partial charge < -0.3 is 10.1 Å². The van der Waals surface area contributed by atoms with E-state index >= 15 is 0 Å². The van der Waals surface area contributed by atoms with E-state index < -0.39 is 5.91 Å². The SMILES string of the molecule is Cc1ccc(NC(=O)/C(C#N)=C\c2cc(Br)ccc2OCc2ccccc2C#N)cc1Cl. The molecule has 3 rings (SSSR count). The normalized spacial score (nSPS) is 10.7. The fourth-order valence-electron chi connectivity index (χ4n) is 2.85. The Balaban J connectivity index is 1.86. The van der Waals surface area contributed by atoms with Crippen molar-refractivity contribution in [2.24, 2.45) is 0 Å². The van der Waals surface area contributed by atoms with E-state index in [0.29, 0.717) is 27.6 Å². The summed E-state index contributed by atoms with van der Waals surface area (Å²) in [5.74, 6) is -0.0898. The molecule has 0 saturated heterocycles. The summed E-state index contributed by atoms with van der Waals surface area (Å²) < 4.78 is 6.68. The van der Waals surface area contributed by atoms with Crippen molar-refractivity contribution in [3.05, 3.63) is 98.0 Å². The van der Waals surface area contributed by atoms with E-state index in [-0.39, 0.29) is 12.2 Å². The second kappa shape index (κ2) is 10.6. The van der Waals surface area contributed by atoms with Gasteiger partial charge in [0.15, 0.2) is 0 Å². The molecule has 1 N–H and O–H groups in total. The minimum absolute atomic E-state index is 0.0953. The number of amides is 1. The van der Waals surface area contributed by atoms with Crippen LogP contribution in [0.4, 0.5) is 5.69 Å². The predicted molar refractivity (Wildman–Crippen MR) is 128 cm³/mol. The lowest BCUT2D eigenvalue weighted by Gasteiger charge is -2.11. The van der Waals surface area contributed by atoms with Gasteiger partial charge in [-0.25, -0.2) is 0 Å². The minimum atomic E-state index is -0.562. The van der Waals surface area contributed by atoms with Crippen molar-refractivity contribution in [3.8, 4) is 17.9 Å². The molecule has 0 aliphatic carbocycles. The van der Waals surface area contributed by atoms with E-state index in [1.54, 1.807) is 48.5 Å². The summed E-state index contributed by atoms with van der Waals surface area (Å²) in [5, 5.41) is 22.0. The summed E-state index contributed by atoms with van der Waals surface area (Å²) in [6.45, 7) is 2.03. The molecule has 158 valence electrons. The summed E-state index contributed by atoms with van der Waals surface area (Å²) in [7, 11) is 0. The molecule has 0 spiro atoms. The highest BCUT2D eigenvalue weighted by Crippen LogP contribution is 2.27. The number of benzene rings is 3. The van der Waals surface area contributed by atoms with Gasteiger partial charge in [0, 0.05) is 26.3 Å². The number of aryl methyl sites for hydroxylation is 1. The van der Waals surface area contributed by atoms with Crippen molar-refractivity contribution in [3.63, 3.8) is 0 Å². The fourth-order valence-corrected chi connectivity index (χ4v) is 3.41. The lowest BCUT2D eigenvalue weighted by atomic mass is 10.1. The second-order valence-electron chi connectivity index (χ2n) is 6.83. The molecule has 0 bridgehead atoms. The topological polar surface area (TPSA) is 85.9 Å². The number of ether oxygens (including phenoxy) is 1. The van der Waals surface area contributed by atoms with Gasteiger partial charge in [0.2, 0.25) is 0 Å². The van der Waals surface area contributed by atoms with Crippen LogP contribution in [0.25, 0.3) is 6.08 Å². The van der Waals surface area contributed by atoms with Crippen LogP contribution in [0.15, 0.2) is 70.7 Å². The third-order valence-corrected chi connectivity index (χ3v) is 5.49. The zero-order chi connectivity index (χ0) is 23.1. The maximum atomic E-state index is 12.7. The first-order valence-corrected chi connectivity index (χ1v) is 10.7. The summed E-state index contributed by atoms with van der Waals surface area (Å²) in [6, 6.07) is 21.6. The number of nitriles is 2. The largest absolute Gasteiger partial charge is 0.488 e. The number of carbonyl (C=O) groups is 1. The lowest BCUT2D eigenvalue weighted by molar-refractivity contribution is -0.112. The molecule has 32 heavy (non-hydrogen) atoms. The Morgan fingerprint density at radius 2 is 1.94 bits per heavy atom. The quantitative estimate of drug-likeness (QED) is 0.309. The second-order valence-corrected chi connectivity index (χ2v) is 8.15. The molecule has 3 aromatic rings. The van der Waals surface area contributed by atoms with Crippen molar-refractivity contribution < 1.29 is 9.53 Å². The van der Waals surface area contributed by atoms with E-state index in [1.165, 1.54) is 6.08 Å². The highest BCUT2D eigenvalue weighted by molar-refractivity contribution is 9.10. The van der Waals surface area contributed by atoms with Crippen LogP contribution < -0.4 is 10.1 Å². The molecule has 5 nitrogen and oxygen atoms in total. The molecule has 0 aliphatic rings. The Morgan fingerprint density at radius 3 is 2.66 bits per heavy atom. The molecule has 0 saturated carbocycles. The number of carbonyl (C=O) groups excluding carboxylic acids is 1. The van der Waals surface area contributed by atoms with E-state index in [0.717, 1.165) is 15.6 Å². The summed E-state index contributed by atoms with van der Waals surface area (Å²) >= 11 is 9.52. The number of nitrogens with one attached hydrogen (secondary N) is 1. The molecule has 0 radical (unpaired) electrons. The van der Waals surface area contributed by atoms with E-state index in [9.17, 15) is 15.3 Å². The molecule has 0 fully saturated rings. The van der Waals surface area contributed by atoms with E-state index in [4.69, 9.17) is 16.3 Å².